The Bertz CT molecular complexity index is 157. The summed E-state index contributed by atoms with van der Waals surface area (Å²) in [6.45, 7) is -0.298. The first kappa shape index (κ1) is 6.32. The molecule has 0 saturated heterocycles. The van der Waals surface area contributed by atoms with Crippen LogP contribution in [0, 0.1) is 0 Å². The molecule has 3 heteroatoms. The molecule has 1 aromatic rings. The van der Waals surface area contributed by atoms with Crippen molar-refractivity contribution in [2.75, 3.05) is 6.61 Å². The topological polar surface area (TPSA) is 53.6 Å². The molecule has 0 saturated carbocycles. The fourth-order valence-electron chi connectivity index (χ4n) is 0.571. The molecule has 9 heavy (non-hydrogen) atoms. The Balaban J connectivity index is 2.65. The fraction of sp³-hybridized carbons (Fsp3) is 0.333. The van der Waals surface area contributed by atoms with Crippen LogP contribution < -0.4 is 0 Å². The van der Waals surface area contributed by atoms with E-state index in [9.17, 15) is 0 Å². The molecule has 3 nitrogen and oxygen atoms in total. The van der Waals surface area contributed by atoms with E-state index < -0.39 is 6.10 Å². The van der Waals surface area contributed by atoms with Gasteiger partial charge in [-0.3, -0.25) is 0 Å². The molecule has 0 aromatic carbocycles. The van der Waals surface area contributed by atoms with Crippen molar-refractivity contribution in [3.8, 4) is 0 Å². The second kappa shape index (κ2) is 2.66. The van der Waals surface area contributed by atoms with Crippen molar-refractivity contribution in [2.45, 2.75) is 6.10 Å². The molecule has 0 amide bonds. The first-order valence-corrected chi connectivity index (χ1v) is 2.67. The van der Waals surface area contributed by atoms with E-state index in [1.54, 1.807) is 12.1 Å². The molecule has 0 aliphatic rings. The molecule has 0 aliphatic carbocycles. The number of rotatable bonds is 2. The van der Waals surface area contributed by atoms with Crippen molar-refractivity contribution in [1.29, 1.82) is 0 Å². The lowest BCUT2D eigenvalue weighted by molar-refractivity contribution is 0.0776. The monoisotopic (exact) mass is 128 g/mol. The molecule has 2 N–H and O–H groups in total. The highest BCUT2D eigenvalue weighted by Gasteiger charge is 2.06. The summed E-state index contributed by atoms with van der Waals surface area (Å²) in [4.78, 5) is 0. The Kier molecular flexibility index (Phi) is 1.87. The van der Waals surface area contributed by atoms with Crippen LogP contribution in [0.5, 0.6) is 0 Å². The van der Waals surface area contributed by atoms with Gasteiger partial charge in [-0.2, -0.15) is 0 Å². The second-order valence-electron chi connectivity index (χ2n) is 1.71. The van der Waals surface area contributed by atoms with Crippen LogP contribution in [-0.4, -0.2) is 16.8 Å². The first-order valence-electron chi connectivity index (χ1n) is 2.67. The smallest absolute Gasteiger partial charge is 0.135 e. The lowest BCUT2D eigenvalue weighted by Gasteiger charge is -1.99. The van der Waals surface area contributed by atoms with Gasteiger partial charge in [-0.25, -0.2) is 0 Å². The molecule has 1 unspecified atom stereocenters. The van der Waals surface area contributed by atoms with Gasteiger partial charge in [-0.1, -0.05) is 0 Å². The minimum absolute atomic E-state index is 0.298. The third kappa shape index (κ3) is 1.31. The molecular weight excluding hydrogens is 120 g/mol. The van der Waals surface area contributed by atoms with Gasteiger partial charge in [-0.15, -0.1) is 0 Å². The number of aliphatic hydroxyl groups is 2. The highest BCUT2D eigenvalue weighted by Crippen LogP contribution is 2.10. The Labute approximate surface area is 52.5 Å². The maximum absolute atomic E-state index is 8.87. The van der Waals surface area contributed by atoms with E-state index in [4.69, 9.17) is 14.6 Å². The van der Waals surface area contributed by atoms with Crippen molar-refractivity contribution < 1.29 is 14.6 Å². The molecule has 0 fully saturated rings. The average molecular weight is 128 g/mol. The van der Waals surface area contributed by atoms with Gasteiger partial charge in [-0.05, 0) is 12.1 Å². The third-order valence-corrected chi connectivity index (χ3v) is 1.04. The summed E-state index contributed by atoms with van der Waals surface area (Å²) in [6, 6.07) is 3.27. The zero-order chi connectivity index (χ0) is 6.69. The van der Waals surface area contributed by atoms with E-state index in [1.165, 1.54) is 6.26 Å². The van der Waals surface area contributed by atoms with Crippen LogP contribution in [0.2, 0.25) is 0 Å². The van der Waals surface area contributed by atoms with Crippen LogP contribution in [-0.2, 0) is 0 Å². The number of hydrogen-bond acceptors (Lipinski definition) is 3. The summed E-state index contributed by atoms with van der Waals surface area (Å²) in [5.74, 6) is 0.400. The van der Waals surface area contributed by atoms with Crippen LogP contribution in [0.3, 0.4) is 0 Å². The fourth-order valence-corrected chi connectivity index (χ4v) is 0.571. The number of aliphatic hydroxyl groups excluding tert-OH is 2. The molecule has 0 radical (unpaired) electrons. The van der Waals surface area contributed by atoms with Gasteiger partial charge in [0.2, 0.25) is 0 Å². The number of hydrogen-bond donors (Lipinski definition) is 2. The van der Waals surface area contributed by atoms with Gasteiger partial charge in [0.05, 0.1) is 12.9 Å². The Morgan fingerprint density at radius 3 is 2.89 bits per heavy atom. The summed E-state index contributed by atoms with van der Waals surface area (Å²) in [5, 5.41) is 17.3. The van der Waals surface area contributed by atoms with Crippen molar-refractivity contribution in [3.05, 3.63) is 24.2 Å². The van der Waals surface area contributed by atoms with E-state index in [1.807, 2.05) is 0 Å². The van der Waals surface area contributed by atoms with Gasteiger partial charge in [0.1, 0.15) is 11.9 Å². The van der Waals surface area contributed by atoms with E-state index in [0.717, 1.165) is 0 Å². The van der Waals surface area contributed by atoms with Gasteiger partial charge in [0.25, 0.3) is 0 Å². The first-order chi connectivity index (χ1) is 4.34. The molecule has 1 heterocycles. The Morgan fingerprint density at radius 1 is 1.67 bits per heavy atom. The Hall–Kier alpha value is -0.800. The van der Waals surface area contributed by atoms with E-state index in [2.05, 4.69) is 0 Å². The maximum Gasteiger partial charge on any atom is 0.135 e. The van der Waals surface area contributed by atoms with Crippen LogP contribution in [0.25, 0.3) is 0 Å². The average Bonchev–Trinajstić information content (AvgIpc) is 2.37. The van der Waals surface area contributed by atoms with Gasteiger partial charge < -0.3 is 14.6 Å². The van der Waals surface area contributed by atoms with Crippen molar-refractivity contribution in [2.24, 2.45) is 0 Å². The van der Waals surface area contributed by atoms with Crippen LogP contribution >= 0.6 is 0 Å². The Morgan fingerprint density at radius 2 is 2.44 bits per heavy atom. The van der Waals surface area contributed by atoms with Gasteiger partial charge >= 0.3 is 0 Å². The summed E-state index contributed by atoms with van der Waals surface area (Å²) in [5.41, 5.74) is 0. The summed E-state index contributed by atoms with van der Waals surface area (Å²) < 4.78 is 4.78. The van der Waals surface area contributed by atoms with E-state index in [-0.39, 0.29) is 6.61 Å². The lowest BCUT2D eigenvalue weighted by Crippen LogP contribution is -1.99. The molecule has 1 rings (SSSR count). The normalized spacial score (nSPS) is 13.6. The summed E-state index contributed by atoms with van der Waals surface area (Å²) in [7, 11) is 0. The van der Waals surface area contributed by atoms with Crippen molar-refractivity contribution >= 4 is 0 Å². The van der Waals surface area contributed by atoms with Crippen molar-refractivity contribution in [3.63, 3.8) is 0 Å². The third-order valence-electron chi connectivity index (χ3n) is 1.04. The molecule has 0 bridgehead atoms. The zero-order valence-corrected chi connectivity index (χ0v) is 4.82. The molecule has 1 aromatic heterocycles. The van der Waals surface area contributed by atoms with Gasteiger partial charge in [0.15, 0.2) is 0 Å². The largest absolute Gasteiger partial charge is 0.467 e. The zero-order valence-electron chi connectivity index (χ0n) is 4.82. The van der Waals surface area contributed by atoms with Crippen molar-refractivity contribution in [1.82, 2.24) is 0 Å². The predicted molar refractivity (Wildman–Crippen MR) is 30.8 cm³/mol. The van der Waals surface area contributed by atoms with Crippen LogP contribution in [0.1, 0.15) is 11.9 Å². The van der Waals surface area contributed by atoms with Crippen LogP contribution in [0.15, 0.2) is 22.8 Å². The van der Waals surface area contributed by atoms with E-state index in [0.29, 0.717) is 5.76 Å². The molecule has 0 aliphatic heterocycles. The SMILES string of the molecule is OCC(O)c1ccco1. The number of furan rings is 1. The molecule has 1 atom stereocenters. The molecule has 0 spiro atoms. The van der Waals surface area contributed by atoms with Gasteiger partial charge in [0, 0.05) is 0 Å². The highest BCUT2D eigenvalue weighted by molar-refractivity contribution is 5.01. The minimum atomic E-state index is -0.875. The minimum Gasteiger partial charge on any atom is -0.467 e. The van der Waals surface area contributed by atoms with Crippen LogP contribution in [0.4, 0.5) is 0 Å². The maximum atomic E-state index is 8.87. The quantitative estimate of drug-likeness (QED) is 0.602. The highest BCUT2D eigenvalue weighted by atomic mass is 16.4. The van der Waals surface area contributed by atoms with E-state index >= 15 is 0 Å². The molecular formula is C6H8O3. The summed E-state index contributed by atoms with van der Waals surface area (Å²) >= 11 is 0. The second-order valence-corrected chi connectivity index (χ2v) is 1.71. The lowest BCUT2D eigenvalue weighted by atomic mass is 10.3. The summed E-state index contributed by atoms with van der Waals surface area (Å²) in [6.07, 6.45) is 0.578. The standard InChI is InChI=1S/C6H8O3/c7-4-5(8)6-2-1-3-9-6/h1-3,5,7-8H,4H2. The molecule has 50 valence electrons. The predicted octanol–water partition coefficient (Wildman–Crippen LogP) is 0.305.